The third-order valence-electron chi connectivity index (χ3n) is 4.38. The summed E-state index contributed by atoms with van der Waals surface area (Å²) in [6.07, 6.45) is 5.28. The zero-order chi connectivity index (χ0) is 14.9. The molecule has 0 spiro atoms. The van der Waals surface area contributed by atoms with E-state index in [0.29, 0.717) is 5.41 Å². The molecule has 1 aliphatic carbocycles. The van der Waals surface area contributed by atoms with Crippen molar-refractivity contribution >= 4 is 11.5 Å². The van der Waals surface area contributed by atoms with E-state index in [1.807, 2.05) is 19.1 Å². The Bertz CT molecular complexity index is 612. The van der Waals surface area contributed by atoms with E-state index in [9.17, 15) is 0 Å². The fourth-order valence-corrected chi connectivity index (χ4v) is 3.46. The van der Waals surface area contributed by atoms with Gasteiger partial charge in [-0.05, 0) is 46.0 Å². The highest BCUT2D eigenvalue weighted by Crippen LogP contribution is 2.38. The molecule has 2 heterocycles. The summed E-state index contributed by atoms with van der Waals surface area (Å²) < 4.78 is 1.79. The number of anilines is 1. The molecule has 6 nitrogen and oxygen atoms in total. The summed E-state index contributed by atoms with van der Waals surface area (Å²) in [5.74, 6) is 1.72. The van der Waals surface area contributed by atoms with E-state index >= 15 is 0 Å². The molecule has 0 aliphatic heterocycles. The minimum atomic E-state index is 0.377. The first-order chi connectivity index (χ1) is 10.1. The van der Waals surface area contributed by atoms with Crippen LogP contribution in [0.15, 0.2) is 12.1 Å². The first kappa shape index (κ1) is 14.3. The molecule has 0 radical (unpaired) electrons. The molecule has 1 saturated carbocycles. The molecule has 2 aromatic heterocycles. The van der Waals surface area contributed by atoms with E-state index in [-0.39, 0.29) is 0 Å². The second-order valence-corrected chi connectivity index (χ2v) is 6.53. The van der Waals surface area contributed by atoms with Crippen LogP contribution in [-0.2, 0) is 0 Å². The smallest absolute Gasteiger partial charge is 0.178 e. The van der Waals surface area contributed by atoms with E-state index in [1.54, 1.807) is 4.52 Å². The molecule has 1 fully saturated rings. The van der Waals surface area contributed by atoms with Crippen LogP contribution >= 0.6 is 0 Å². The Balaban J connectivity index is 1.73. The lowest BCUT2D eigenvalue weighted by molar-refractivity contribution is 0.215. The molecule has 0 bridgehead atoms. The van der Waals surface area contributed by atoms with Crippen LogP contribution in [0.1, 0.15) is 31.5 Å². The van der Waals surface area contributed by atoms with Crippen LogP contribution in [0.2, 0.25) is 0 Å². The largest absolute Gasteiger partial charge is 0.368 e. The molecular weight excluding hydrogens is 264 g/mol. The third kappa shape index (κ3) is 3.00. The quantitative estimate of drug-likeness (QED) is 0.911. The normalized spacial score (nSPS) is 17.7. The van der Waals surface area contributed by atoms with Crippen molar-refractivity contribution in [1.29, 1.82) is 0 Å². The Hall–Kier alpha value is -1.69. The number of nitrogens with one attached hydrogen (secondary N) is 1. The summed E-state index contributed by atoms with van der Waals surface area (Å²) in [5.41, 5.74) is 1.17. The molecule has 0 saturated heterocycles. The fourth-order valence-electron chi connectivity index (χ4n) is 3.46. The summed E-state index contributed by atoms with van der Waals surface area (Å²) in [6.45, 7) is 4.03. The summed E-state index contributed by atoms with van der Waals surface area (Å²) in [4.78, 5) is 2.30. The lowest BCUT2D eigenvalue weighted by Gasteiger charge is -2.32. The van der Waals surface area contributed by atoms with Gasteiger partial charge in [-0.25, -0.2) is 0 Å². The molecule has 6 heteroatoms. The van der Waals surface area contributed by atoms with Crippen molar-refractivity contribution < 1.29 is 0 Å². The highest BCUT2D eigenvalue weighted by atomic mass is 15.4. The minimum Gasteiger partial charge on any atom is -0.368 e. The molecule has 114 valence electrons. The van der Waals surface area contributed by atoms with Gasteiger partial charge in [-0.1, -0.05) is 12.8 Å². The van der Waals surface area contributed by atoms with Crippen LogP contribution in [0.25, 0.3) is 5.65 Å². The van der Waals surface area contributed by atoms with Crippen LogP contribution in [0.5, 0.6) is 0 Å². The monoisotopic (exact) mass is 288 g/mol. The molecule has 0 atom stereocenters. The molecule has 3 rings (SSSR count). The number of aryl methyl sites for hydroxylation is 1. The molecule has 0 unspecified atom stereocenters. The Labute approximate surface area is 125 Å². The van der Waals surface area contributed by atoms with E-state index in [0.717, 1.165) is 30.4 Å². The molecule has 1 N–H and O–H groups in total. The predicted molar refractivity (Wildman–Crippen MR) is 83.5 cm³/mol. The van der Waals surface area contributed by atoms with Crippen molar-refractivity contribution in [1.82, 2.24) is 24.7 Å². The lowest BCUT2D eigenvalue weighted by atomic mass is 9.85. The molecule has 2 aromatic rings. The summed E-state index contributed by atoms with van der Waals surface area (Å²) in [5, 5.41) is 16.2. The Kier molecular flexibility index (Phi) is 3.80. The number of hydrogen-bond acceptors (Lipinski definition) is 5. The Morgan fingerprint density at radius 2 is 2.00 bits per heavy atom. The van der Waals surface area contributed by atoms with Gasteiger partial charge in [0.15, 0.2) is 11.5 Å². The zero-order valence-corrected chi connectivity index (χ0v) is 13.1. The number of aromatic nitrogens is 4. The maximum Gasteiger partial charge on any atom is 0.178 e. The summed E-state index contributed by atoms with van der Waals surface area (Å²) in [7, 11) is 4.32. The van der Waals surface area contributed by atoms with E-state index in [1.165, 1.54) is 25.7 Å². The fraction of sp³-hybridized carbons (Fsp3) is 0.667. The van der Waals surface area contributed by atoms with Gasteiger partial charge < -0.3 is 10.2 Å². The SMILES string of the molecule is Cc1nnc2ccc(NCC3(CN(C)C)CCCC3)nn12. The van der Waals surface area contributed by atoms with E-state index in [2.05, 4.69) is 39.6 Å². The van der Waals surface area contributed by atoms with Crippen LogP contribution < -0.4 is 5.32 Å². The molecular formula is C15H24N6. The van der Waals surface area contributed by atoms with Crippen molar-refractivity contribution in [3.63, 3.8) is 0 Å². The Morgan fingerprint density at radius 1 is 1.24 bits per heavy atom. The van der Waals surface area contributed by atoms with Crippen molar-refractivity contribution in [2.75, 3.05) is 32.5 Å². The number of nitrogens with zero attached hydrogens (tertiary/aromatic N) is 5. The summed E-state index contributed by atoms with van der Waals surface area (Å²) in [6, 6.07) is 3.95. The topological polar surface area (TPSA) is 58.4 Å². The number of hydrogen-bond donors (Lipinski definition) is 1. The highest BCUT2D eigenvalue weighted by Gasteiger charge is 2.34. The molecule has 0 amide bonds. The van der Waals surface area contributed by atoms with Crippen molar-refractivity contribution in [2.45, 2.75) is 32.6 Å². The second kappa shape index (κ2) is 5.60. The van der Waals surface area contributed by atoms with Gasteiger partial charge in [0.1, 0.15) is 5.82 Å². The van der Waals surface area contributed by atoms with Crippen molar-refractivity contribution in [3.8, 4) is 0 Å². The van der Waals surface area contributed by atoms with E-state index in [4.69, 9.17) is 0 Å². The van der Waals surface area contributed by atoms with Crippen LogP contribution in [0, 0.1) is 12.3 Å². The second-order valence-electron chi connectivity index (χ2n) is 6.53. The van der Waals surface area contributed by atoms with Gasteiger partial charge >= 0.3 is 0 Å². The van der Waals surface area contributed by atoms with Crippen LogP contribution in [0.3, 0.4) is 0 Å². The van der Waals surface area contributed by atoms with Crippen LogP contribution in [-0.4, -0.2) is 51.9 Å². The summed E-state index contributed by atoms with van der Waals surface area (Å²) >= 11 is 0. The van der Waals surface area contributed by atoms with Gasteiger partial charge in [0, 0.05) is 18.5 Å². The molecule has 0 aromatic carbocycles. The maximum absolute atomic E-state index is 4.57. The maximum atomic E-state index is 4.57. The predicted octanol–water partition coefficient (Wildman–Crippen LogP) is 1.97. The zero-order valence-electron chi connectivity index (χ0n) is 13.1. The van der Waals surface area contributed by atoms with Gasteiger partial charge in [-0.3, -0.25) is 0 Å². The number of rotatable bonds is 5. The van der Waals surface area contributed by atoms with Gasteiger partial charge in [-0.2, -0.15) is 4.52 Å². The van der Waals surface area contributed by atoms with E-state index < -0.39 is 0 Å². The first-order valence-electron chi connectivity index (χ1n) is 7.66. The molecule has 1 aliphatic rings. The van der Waals surface area contributed by atoms with Crippen molar-refractivity contribution in [3.05, 3.63) is 18.0 Å². The first-order valence-corrected chi connectivity index (χ1v) is 7.66. The number of fused-ring (bicyclic) bond motifs is 1. The minimum absolute atomic E-state index is 0.377. The highest BCUT2D eigenvalue weighted by molar-refractivity contribution is 5.44. The standard InChI is InChI=1S/C15H24N6/c1-12-17-18-14-7-6-13(19-21(12)14)16-10-15(11-20(2)3)8-4-5-9-15/h6-7H,4-5,8-11H2,1-3H3,(H,16,19). The Morgan fingerprint density at radius 3 is 2.71 bits per heavy atom. The van der Waals surface area contributed by atoms with Gasteiger partial charge in [0.2, 0.25) is 0 Å². The lowest BCUT2D eigenvalue weighted by Crippen LogP contribution is -2.37. The van der Waals surface area contributed by atoms with Gasteiger partial charge in [0.25, 0.3) is 0 Å². The van der Waals surface area contributed by atoms with Gasteiger partial charge in [0.05, 0.1) is 0 Å². The van der Waals surface area contributed by atoms with Crippen LogP contribution in [0.4, 0.5) is 5.82 Å². The average molecular weight is 288 g/mol. The molecule has 21 heavy (non-hydrogen) atoms. The average Bonchev–Trinajstić information content (AvgIpc) is 3.04. The van der Waals surface area contributed by atoms with Gasteiger partial charge in [-0.15, -0.1) is 15.3 Å². The third-order valence-corrected chi connectivity index (χ3v) is 4.38. The van der Waals surface area contributed by atoms with Crippen molar-refractivity contribution in [2.24, 2.45) is 5.41 Å².